The predicted octanol–water partition coefficient (Wildman–Crippen LogP) is 5.40. The molecule has 3 rings (SSSR count). The van der Waals surface area contributed by atoms with Crippen LogP contribution in [0.25, 0.3) is 0 Å². The van der Waals surface area contributed by atoms with Gasteiger partial charge in [-0.05, 0) is 52.0 Å². The highest BCUT2D eigenvalue weighted by Crippen LogP contribution is 2.29. The summed E-state index contributed by atoms with van der Waals surface area (Å²) in [5, 5.41) is 9.92. The van der Waals surface area contributed by atoms with Gasteiger partial charge in [-0.2, -0.15) is 11.3 Å². The van der Waals surface area contributed by atoms with Crippen LogP contribution in [0.5, 0.6) is 5.75 Å². The van der Waals surface area contributed by atoms with Crippen LogP contribution >= 0.6 is 45.9 Å². The minimum atomic E-state index is -0.217. The van der Waals surface area contributed by atoms with Crippen molar-refractivity contribution in [1.82, 2.24) is 5.32 Å². The van der Waals surface area contributed by atoms with Gasteiger partial charge in [0.2, 0.25) is 0 Å². The van der Waals surface area contributed by atoms with E-state index in [2.05, 4.69) is 5.32 Å². The molecule has 3 nitrogen and oxygen atoms in total. The Morgan fingerprint density at radius 3 is 2.75 bits per heavy atom. The van der Waals surface area contributed by atoms with Crippen molar-refractivity contribution in [3.63, 3.8) is 0 Å². The SMILES string of the molecule is O=C(COc1ccc(Cl)cc1Cl)NC(c1ccsc1)c1cccs1. The first-order valence-electron chi connectivity index (χ1n) is 7.06. The van der Waals surface area contributed by atoms with Gasteiger partial charge >= 0.3 is 0 Å². The third-order valence-corrected chi connectivity index (χ3v) is 5.43. The number of nitrogens with one attached hydrogen (secondary N) is 1. The molecule has 24 heavy (non-hydrogen) atoms. The third-order valence-electron chi connectivity index (χ3n) is 3.26. The monoisotopic (exact) mass is 397 g/mol. The molecule has 1 aromatic carbocycles. The van der Waals surface area contributed by atoms with Crippen LogP contribution in [0.4, 0.5) is 0 Å². The van der Waals surface area contributed by atoms with Crippen molar-refractivity contribution in [2.45, 2.75) is 6.04 Å². The molecule has 1 amide bonds. The van der Waals surface area contributed by atoms with Crippen molar-refractivity contribution in [3.8, 4) is 5.75 Å². The molecule has 7 heteroatoms. The Labute approximate surface area is 157 Å². The number of rotatable bonds is 6. The zero-order valence-electron chi connectivity index (χ0n) is 12.4. The zero-order chi connectivity index (χ0) is 16.9. The lowest BCUT2D eigenvalue weighted by Gasteiger charge is -2.17. The molecule has 0 spiro atoms. The second kappa shape index (κ2) is 8.03. The van der Waals surface area contributed by atoms with Crippen molar-refractivity contribution < 1.29 is 9.53 Å². The Kier molecular flexibility index (Phi) is 5.79. The highest BCUT2D eigenvalue weighted by atomic mass is 35.5. The van der Waals surface area contributed by atoms with Crippen molar-refractivity contribution in [2.75, 3.05) is 6.61 Å². The first-order valence-corrected chi connectivity index (χ1v) is 9.64. The number of carbonyl (C=O) groups is 1. The summed E-state index contributed by atoms with van der Waals surface area (Å²) in [6, 6.07) is 10.7. The topological polar surface area (TPSA) is 38.3 Å². The van der Waals surface area contributed by atoms with Gasteiger partial charge in [0.15, 0.2) is 6.61 Å². The Morgan fingerprint density at radius 1 is 1.21 bits per heavy atom. The van der Waals surface area contributed by atoms with Gasteiger partial charge < -0.3 is 10.1 Å². The van der Waals surface area contributed by atoms with Crippen LogP contribution in [0.15, 0.2) is 52.5 Å². The number of amides is 1. The van der Waals surface area contributed by atoms with Crippen LogP contribution < -0.4 is 10.1 Å². The second-order valence-corrected chi connectivity index (χ2v) is 7.54. The lowest BCUT2D eigenvalue weighted by molar-refractivity contribution is -0.123. The summed E-state index contributed by atoms with van der Waals surface area (Å²) in [6.07, 6.45) is 0. The molecule has 0 fully saturated rings. The largest absolute Gasteiger partial charge is 0.482 e. The van der Waals surface area contributed by atoms with Gasteiger partial charge in [-0.3, -0.25) is 4.79 Å². The van der Waals surface area contributed by atoms with Gasteiger partial charge in [0, 0.05) is 9.90 Å². The molecule has 0 aliphatic carbocycles. The number of benzene rings is 1. The lowest BCUT2D eigenvalue weighted by Crippen LogP contribution is -2.32. The van der Waals surface area contributed by atoms with Crippen molar-refractivity contribution in [1.29, 1.82) is 0 Å². The zero-order valence-corrected chi connectivity index (χ0v) is 15.5. The van der Waals surface area contributed by atoms with Crippen LogP contribution in [-0.2, 0) is 4.79 Å². The van der Waals surface area contributed by atoms with E-state index in [1.54, 1.807) is 40.9 Å². The van der Waals surface area contributed by atoms with Crippen LogP contribution in [0.2, 0.25) is 10.0 Å². The van der Waals surface area contributed by atoms with E-state index in [9.17, 15) is 4.79 Å². The molecule has 0 aliphatic heterocycles. The molecule has 0 saturated carbocycles. The lowest BCUT2D eigenvalue weighted by atomic mass is 10.1. The molecule has 1 N–H and O–H groups in total. The van der Waals surface area contributed by atoms with Crippen LogP contribution in [0, 0.1) is 0 Å². The van der Waals surface area contributed by atoms with Crippen molar-refractivity contribution in [3.05, 3.63) is 73.0 Å². The normalized spacial score (nSPS) is 11.9. The van der Waals surface area contributed by atoms with Gasteiger partial charge in [0.25, 0.3) is 5.91 Å². The van der Waals surface area contributed by atoms with Gasteiger partial charge in [-0.15, -0.1) is 11.3 Å². The van der Waals surface area contributed by atoms with E-state index in [1.165, 1.54) is 0 Å². The molecular weight excluding hydrogens is 385 g/mol. The quantitative estimate of drug-likeness (QED) is 0.604. The Hall–Kier alpha value is -1.53. The summed E-state index contributed by atoms with van der Waals surface area (Å²) in [4.78, 5) is 13.4. The molecule has 0 aliphatic rings. The molecule has 0 radical (unpaired) electrons. The number of carbonyl (C=O) groups excluding carboxylic acids is 1. The standard InChI is InChI=1S/C17H13Cl2NO2S2/c18-12-3-4-14(13(19)8-12)22-9-16(21)20-17(11-5-7-23-10-11)15-2-1-6-24-15/h1-8,10,17H,9H2,(H,20,21). The first kappa shape index (κ1) is 17.3. The van der Waals surface area contributed by atoms with Gasteiger partial charge in [-0.1, -0.05) is 29.3 Å². The molecule has 2 heterocycles. The van der Waals surface area contributed by atoms with E-state index in [0.29, 0.717) is 15.8 Å². The van der Waals surface area contributed by atoms with E-state index in [1.807, 2.05) is 34.3 Å². The van der Waals surface area contributed by atoms with E-state index < -0.39 is 0 Å². The maximum Gasteiger partial charge on any atom is 0.258 e. The smallest absolute Gasteiger partial charge is 0.258 e. The fourth-order valence-corrected chi connectivity index (χ4v) is 4.10. The summed E-state index contributed by atoms with van der Waals surface area (Å²) >= 11 is 15.1. The van der Waals surface area contributed by atoms with E-state index in [-0.39, 0.29) is 18.6 Å². The fourth-order valence-electron chi connectivity index (χ4n) is 2.15. The van der Waals surface area contributed by atoms with Crippen LogP contribution in [-0.4, -0.2) is 12.5 Å². The van der Waals surface area contributed by atoms with Crippen molar-refractivity contribution >= 4 is 51.8 Å². The van der Waals surface area contributed by atoms with E-state index >= 15 is 0 Å². The summed E-state index contributed by atoms with van der Waals surface area (Å²) in [7, 11) is 0. The van der Waals surface area contributed by atoms with Gasteiger partial charge in [-0.25, -0.2) is 0 Å². The van der Waals surface area contributed by atoms with Gasteiger partial charge in [0.05, 0.1) is 11.1 Å². The molecule has 2 aromatic heterocycles. The van der Waals surface area contributed by atoms with E-state index in [0.717, 1.165) is 10.4 Å². The number of thiophene rings is 2. The second-order valence-electron chi connectivity index (χ2n) is 4.94. The highest BCUT2D eigenvalue weighted by Gasteiger charge is 2.18. The number of ether oxygens (including phenoxy) is 1. The average molecular weight is 398 g/mol. The summed E-state index contributed by atoms with van der Waals surface area (Å²) in [5.74, 6) is 0.213. The molecule has 124 valence electrons. The molecular formula is C17H13Cl2NO2S2. The number of hydrogen-bond acceptors (Lipinski definition) is 4. The summed E-state index contributed by atoms with van der Waals surface area (Å²) < 4.78 is 5.49. The van der Waals surface area contributed by atoms with Gasteiger partial charge in [0.1, 0.15) is 5.75 Å². The maximum atomic E-state index is 12.3. The molecule has 0 saturated heterocycles. The maximum absolute atomic E-state index is 12.3. The molecule has 1 atom stereocenters. The Balaban J connectivity index is 1.66. The third kappa shape index (κ3) is 4.30. The summed E-state index contributed by atoms with van der Waals surface area (Å²) in [6.45, 7) is -0.118. The Morgan fingerprint density at radius 2 is 2.08 bits per heavy atom. The van der Waals surface area contributed by atoms with E-state index in [4.69, 9.17) is 27.9 Å². The molecule has 0 bridgehead atoms. The molecule has 1 unspecified atom stereocenters. The van der Waals surface area contributed by atoms with Crippen LogP contribution in [0.1, 0.15) is 16.5 Å². The first-order chi connectivity index (χ1) is 11.6. The minimum Gasteiger partial charge on any atom is -0.482 e. The fraction of sp³-hybridized carbons (Fsp3) is 0.118. The van der Waals surface area contributed by atoms with Crippen molar-refractivity contribution in [2.24, 2.45) is 0 Å². The highest BCUT2D eigenvalue weighted by molar-refractivity contribution is 7.10. The predicted molar refractivity (Wildman–Crippen MR) is 101 cm³/mol. The minimum absolute atomic E-state index is 0.118. The Bertz CT molecular complexity index is 770. The number of hydrogen-bond donors (Lipinski definition) is 1. The number of halogens is 2. The van der Waals surface area contributed by atoms with Crippen LogP contribution in [0.3, 0.4) is 0 Å². The molecule has 3 aromatic rings. The average Bonchev–Trinajstić information content (AvgIpc) is 3.25. The summed E-state index contributed by atoms with van der Waals surface area (Å²) in [5.41, 5.74) is 1.06.